The molecule has 1 aliphatic heterocycles. The summed E-state index contributed by atoms with van der Waals surface area (Å²) in [5, 5.41) is 31.6. The third-order valence-electron chi connectivity index (χ3n) is 7.47. The molecular weight excluding hydrogens is 480 g/mol. The van der Waals surface area contributed by atoms with Gasteiger partial charge in [-0.15, -0.1) is 0 Å². The molecular formula is C32H36O6. The van der Waals surface area contributed by atoms with E-state index in [1.165, 1.54) is 0 Å². The van der Waals surface area contributed by atoms with Gasteiger partial charge in [0.15, 0.2) is 5.78 Å². The molecule has 38 heavy (non-hydrogen) atoms. The van der Waals surface area contributed by atoms with Gasteiger partial charge in [0.25, 0.3) is 0 Å². The van der Waals surface area contributed by atoms with Crippen LogP contribution in [0.5, 0.6) is 23.0 Å². The van der Waals surface area contributed by atoms with E-state index >= 15 is 0 Å². The molecule has 4 aromatic rings. The van der Waals surface area contributed by atoms with Crippen molar-refractivity contribution in [2.45, 2.75) is 66.1 Å². The number of rotatable bonds is 5. The Morgan fingerprint density at radius 3 is 2.29 bits per heavy atom. The molecule has 1 aliphatic rings. The zero-order valence-corrected chi connectivity index (χ0v) is 22.9. The first-order valence-electron chi connectivity index (χ1n) is 13.0. The van der Waals surface area contributed by atoms with Gasteiger partial charge in [0, 0.05) is 24.3 Å². The van der Waals surface area contributed by atoms with Crippen LogP contribution in [0.1, 0.15) is 66.2 Å². The Bertz CT molecular complexity index is 1520. The molecule has 3 N–H and O–H groups in total. The number of hydrogen-bond donors (Lipinski definition) is 3. The summed E-state index contributed by atoms with van der Waals surface area (Å²) in [6, 6.07) is 12.9. The lowest BCUT2D eigenvalue weighted by Gasteiger charge is -2.23. The van der Waals surface area contributed by atoms with Gasteiger partial charge in [-0.05, 0) is 104 Å². The number of hydrogen-bond acceptors (Lipinski definition) is 6. The predicted molar refractivity (Wildman–Crippen MR) is 151 cm³/mol. The Morgan fingerprint density at radius 2 is 1.61 bits per heavy atom. The van der Waals surface area contributed by atoms with Crippen LogP contribution in [-0.4, -0.2) is 40.4 Å². The quantitative estimate of drug-likeness (QED) is 0.271. The largest absolute Gasteiger partial charge is 0.507 e. The summed E-state index contributed by atoms with van der Waals surface area (Å²) in [5.41, 5.74) is 4.56. The molecule has 0 aliphatic carbocycles. The molecule has 0 bridgehead atoms. The number of phenolic OH excluding ortho intramolecular Hbond substituents is 2. The van der Waals surface area contributed by atoms with E-state index in [-0.39, 0.29) is 29.5 Å². The summed E-state index contributed by atoms with van der Waals surface area (Å²) in [4.78, 5) is 12.6. The first-order chi connectivity index (χ1) is 18.2. The molecule has 0 aromatic heterocycles. The van der Waals surface area contributed by atoms with Crippen LogP contribution in [0, 0.1) is 13.8 Å². The number of benzene rings is 4. The van der Waals surface area contributed by atoms with Crippen molar-refractivity contribution in [3.8, 4) is 23.0 Å². The molecule has 0 saturated carbocycles. The Morgan fingerprint density at radius 1 is 0.947 bits per heavy atom. The van der Waals surface area contributed by atoms with Gasteiger partial charge in [-0.2, -0.15) is 0 Å². The Kier molecular flexibility index (Phi) is 7.83. The Hall–Kier alpha value is -3.77. The Labute approximate surface area is 223 Å². The van der Waals surface area contributed by atoms with Gasteiger partial charge in [0.2, 0.25) is 0 Å². The standard InChI is InChI=1S/C31H32O5.CH4O/c1-6-16(2)35-29-15-23-21(8-10-27(33)31(23)19(5)18(29)4)12-20-7-9-26(32)24-13-25-28(34)11-17(3)36-30(25)14-22(20)24;1-2/h7-10,13-17,32-33H,6,11-12H2,1-5H3;2H,1H3. The lowest BCUT2D eigenvalue weighted by Crippen LogP contribution is -2.23. The van der Waals surface area contributed by atoms with Crippen molar-refractivity contribution in [1.82, 2.24) is 0 Å². The number of ketones is 1. The van der Waals surface area contributed by atoms with Crippen molar-refractivity contribution in [2.24, 2.45) is 0 Å². The smallest absolute Gasteiger partial charge is 0.170 e. The molecule has 6 nitrogen and oxygen atoms in total. The van der Waals surface area contributed by atoms with E-state index in [2.05, 4.69) is 13.8 Å². The zero-order valence-electron chi connectivity index (χ0n) is 22.9. The highest BCUT2D eigenvalue weighted by Gasteiger charge is 2.25. The number of phenols is 2. The van der Waals surface area contributed by atoms with Gasteiger partial charge in [-0.1, -0.05) is 19.1 Å². The number of aliphatic hydroxyl groups excluding tert-OH is 1. The van der Waals surface area contributed by atoms with Crippen molar-refractivity contribution >= 4 is 27.3 Å². The molecule has 0 saturated heterocycles. The lowest BCUT2D eigenvalue weighted by atomic mass is 9.90. The number of aliphatic hydroxyl groups is 1. The first kappa shape index (κ1) is 27.3. The number of Topliss-reactive ketones (excluding diaryl/α,β-unsaturated/α-hetero) is 1. The minimum atomic E-state index is -0.181. The maximum absolute atomic E-state index is 12.6. The van der Waals surface area contributed by atoms with Crippen LogP contribution in [0.3, 0.4) is 0 Å². The summed E-state index contributed by atoms with van der Waals surface area (Å²) in [6.07, 6.45) is 1.70. The van der Waals surface area contributed by atoms with E-state index in [0.717, 1.165) is 57.7 Å². The molecule has 0 amide bonds. The first-order valence-corrected chi connectivity index (χ1v) is 13.0. The molecule has 6 heteroatoms. The van der Waals surface area contributed by atoms with Crippen molar-refractivity contribution in [2.75, 3.05) is 7.11 Å². The third-order valence-corrected chi connectivity index (χ3v) is 7.47. The third kappa shape index (κ3) is 4.88. The van der Waals surface area contributed by atoms with Crippen LogP contribution >= 0.6 is 0 Å². The van der Waals surface area contributed by atoms with E-state index in [4.69, 9.17) is 14.6 Å². The molecule has 1 heterocycles. The molecule has 2 unspecified atom stereocenters. The second kappa shape index (κ2) is 10.9. The predicted octanol–water partition coefficient (Wildman–Crippen LogP) is 6.75. The summed E-state index contributed by atoms with van der Waals surface area (Å²) in [5.74, 6) is 1.79. The van der Waals surface area contributed by atoms with Gasteiger partial charge in [0.1, 0.15) is 29.1 Å². The summed E-state index contributed by atoms with van der Waals surface area (Å²) in [7, 11) is 1.00. The number of aryl methyl sites for hydroxylation is 1. The van der Waals surface area contributed by atoms with E-state index < -0.39 is 0 Å². The van der Waals surface area contributed by atoms with Gasteiger partial charge in [-0.3, -0.25) is 4.79 Å². The summed E-state index contributed by atoms with van der Waals surface area (Å²) >= 11 is 0. The molecule has 5 rings (SSSR count). The molecule has 2 atom stereocenters. The highest BCUT2D eigenvalue weighted by Crippen LogP contribution is 2.41. The number of fused-ring (bicyclic) bond motifs is 3. The average molecular weight is 517 g/mol. The lowest BCUT2D eigenvalue weighted by molar-refractivity contribution is 0.0871. The number of aromatic hydroxyl groups is 2. The van der Waals surface area contributed by atoms with E-state index in [1.54, 1.807) is 18.2 Å². The fourth-order valence-corrected chi connectivity index (χ4v) is 5.12. The van der Waals surface area contributed by atoms with Crippen LogP contribution < -0.4 is 9.47 Å². The van der Waals surface area contributed by atoms with Crippen LogP contribution in [0.25, 0.3) is 21.5 Å². The van der Waals surface area contributed by atoms with Gasteiger partial charge < -0.3 is 24.8 Å². The molecule has 0 fully saturated rings. The zero-order chi connectivity index (χ0) is 27.7. The maximum atomic E-state index is 12.6. The summed E-state index contributed by atoms with van der Waals surface area (Å²) in [6.45, 7) is 10.1. The topological polar surface area (TPSA) is 96.2 Å². The van der Waals surface area contributed by atoms with E-state index in [0.29, 0.717) is 29.5 Å². The second-order valence-corrected chi connectivity index (χ2v) is 10.00. The fraction of sp³-hybridized carbons (Fsp3) is 0.344. The number of carbonyl (C=O) groups is 1. The minimum absolute atomic E-state index is 0.0275. The van der Waals surface area contributed by atoms with E-state index in [9.17, 15) is 15.0 Å². The fourth-order valence-electron chi connectivity index (χ4n) is 5.12. The van der Waals surface area contributed by atoms with Crippen LogP contribution in [0.4, 0.5) is 0 Å². The summed E-state index contributed by atoms with van der Waals surface area (Å²) < 4.78 is 12.2. The number of ether oxygens (including phenoxy) is 2. The molecule has 200 valence electrons. The normalized spacial score (nSPS) is 15.4. The van der Waals surface area contributed by atoms with E-state index in [1.807, 2.05) is 45.0 Å². The van der Waals surface area contributed by atoms with Gasteiger partial charge >= 0.3 is 0 Å². The van der Waals surface area contributed by atoms with Gasteiger partial charge in [0.05, 0.1) is 11.7 Å². The maximum Gasteiger partial charge on any atom is 0.170 e. The van der Waals surface area contributed by atoms with Gasteiger partial charge in [-0.25, -0.2) is 0 Å². The Balaban J connectivity index is 0.00000164. The highest BCUT2D eigenvalue weighted by molar-refractivity contribution is 6.06. The van der Waals surface area contributed by atoms with Crippen molar-refractivity contribution in [3.05, 3.63) is 70.3 Å². The second-order valence-electron chi connectivity index (χ2n) is 10.00. The molecule has 4 aromatic carbocycles. The monoisotopic (exact) mass is 516 g/mol. The van der Waals surface area contributed by atoms with Crippen LogP contribution in [0.15, 0.2) is 42.5 Å². The molecule has 0 radical (unpaired) electrons. The molecule has 0 spiro atoms. The average Bonchev–Trinajstić information content (AvgIpc) is 2.90. The SMILES string of the molecule is CCC(C)Oc1cc2c(Cc3ccc(O)c4cc5c(cc34)OC(C)CC5=O)ccc(O)c2c(C)c1C.CO. The van der Waals surface area contributed by atoms with Crippen molar-refractivity contribution in [1.29, 1.82) is 0 Å². The van der Waals surface area contributed by atoms with Crippen molar-refractivity contribution < 1.29 is 29.6 Å². The van der Waals surface area contributed by atoms with Crippen LogP contribution in [-0.2, 0) is 6.42 Å². The highest BCUT2D eigenvalue weighted by atomic mass is 16.5. The van der Waals surface area contributed by atoms with Crippen LogP contribution in [0.2, 0.25) is 0 Å². The number of carbonyl (C=O) groups excluding carboxylic acids is 1. The van der Waals surface area contributed by atoms with Crippen molar-refractivity contribution in [3.63, 3.8) is 0 Å². The minimum Gasteiger partial charge on any atom is -0.507 e.